The predicted octanol–water partition coefficient (Wildman–Crippen LogP) is 1.56. The minimum absolute atomic E-state index is 0.0551. The van der Waals surface area contributed by atoms with Crippen LogP contribution in [0.2, 0.25) is 0 Å². The largest absolute Gasteiger partial charge is 0.498 e. The first-order valence-corrected chi connectivity index (χ1v) is 11.6. The molecule has 0 saturated carbocycles. The minimum atomic E-state index is -3.79. The van der Waals surface area contributed by atoms with Crippen LogP contribution in [0.3, 0.4) is 0 Å². The Kier molecular flexibility index (Phi) is 5.71. The van der Waals surface area contributed by atoms with Gasteiger partial charge >= 0.3 is 13.2 Å². The molecule has 0 N–H and O–H groups in total. The van der Waals surface area contributed by atoms with Gasteiger partial charge in [0.1, 0.15) is 5.60 Å². The second-order valence-electron chi connectivity index (χ2n) is 9.77. The first kappa shape index (κ1) is 23.0. The number of rotatable bonds is 3. The second-order valence-corrected chi connectivity index (χ2v) is 11.9. The molecule has 0 aliphatic carbocycles. The highest BCUT2D eigenvalue weighted by molar-refractivity contribution is 7.91. The van der Waals surface area contributed by atoms with E-state index in [-0.39, 0.29) is 11.7 Å². The third-order valence-electron chi connectivity index (χ3n) is 5.66. The van der Waals surface area contributed by atoms with Crippen LogP contribution in [-0.2, 0) is 23.9 Å². The van der Waals surface area contributed by atoms with E-state index in [1.807, 2.05) is 27.7 Å². The van der Waals surface area contributed by atoms with E-state index in [0.29, 0.717) is 18.4 Å². The lowest BCUT2D eigenvalue weighted by atomic mass is 9.81. The van der Waals surface area contributed by atoms with Crippen LogP contribution in [0, 0.1) is 0 Å². The van der Waals surface area contributed by atoms with Gasteiger partial charge in [0.15, 0.2) is 0 Å². The van der Waals surface area contributed by atoms with E-state index in [9.17, 15) is 13.2 Å². The first-order chi connectivity index (χ1) is 13.6. The first-order valence-electron chi connectivity index (χ1n) is 10.0. The summed E-state index contributed by atoms with van der Waals surface area (Å²) in [6, 6.07) is 0. The summed E-state index contributed by atoms with van der Waals surface area (Å²) in [4.78, 5) is 21.8. The van der Waals surface area contributed by atoms with Crippen LogP contribution in [0.25, 0.3) is 0 Å². The van der Waals surface area contributed by atoms with Crippen molar-refractivity contribution in [1.29, 1.82) is 0 Å². The van der Waals surface area contributed by atoms with Gasteiger partial charge in [0, 0.05) is 30.9 Å². The zero-order valence-corrected chi connectivity index (χ0v) is 19.4. The lowest BCUT2D eigenvalue weighted by molar-refractivity contribution is 0.00578. The van der Waals surface area contributed by atoms with Gasteiger partial charge < -0.3 is 18.9 Å². The molecule has 0 radical (unpaired) electrons. The van der Waals surface area contributed by atoms with Crippen molar-refractivity contribution in [3.05, 3.63) is 12.4 Å². The molecule has 2 fully saturated rings. The smallest absolute Gasteiger partial charge is 0.444 e. The molecule has 11 heteroatoms. The summed E-state index contributed by atoms with van der Waals surface area (Å²) in [6.45, 7) is 13.4. The summed E-state index contributed by atoms with van der Waals surface area (Å²) in [5, 5.41) is -1.04. The second kappa shape index (κ2) is 7.46. The van der Waals surface area contributed by atoms with Crippen molar-refractivity contribution in [2.24, 2.45) is 0 Å². The van der Waals surface area contributed by atoms with Gasteiger partial charge in [-0.25, -0.2) is 23.2 Å². The molecule has 0 spiro atoms. The van der Waals surface area contributed by atoms with E-state index in [2.05, 4.69) is 9.97 Å². The number of carbonyl (C=O) groups excluding carboxylic acids is 1. The standard InChI is InChI=1S/C19H30BN3O6S/c1-17(2,3)27-16(24)23-9-8-14(12-23)30(25,26)15-21-10-13(11-22-15)20-28-18(4,5)19(6,7)29-20/h10-11,14H,8-9,12H2,1-7H3/t14-/m0/s1. The number of amides is 1. The molecule has 0 bridgehead atoms. The quantitative estimate of drug-likeness (QED) is 0.516. The Morgan fingerprint density at radius 1 is 1.17 bits per heavy atom. The van der Waals surface area contributed by atoms with Gasteiger partial charge in [0.25, 0.3) is 0 Å². The SMILES string of the molecule is CC(C)(C)OC(=O)N1CC[C@H](S(=O)(=O)c2ncc(B3OC(C)(C)C(C)(C)O3)cn2)C1. The van der Waals surface area contributed by atoms with E-state index in [1.165, 1.54) is 17.3 Å². The van der Waals surface area contributed by atoms with Crippen LogP contribution < -0.4 is 5.46 Å². The van der Waals surface area contributed by atoms with Crippen molar-refractivity contribution in [1.82, 2.24) is 14.9 Å². The van der Waals surface area contributed by atoms with Gasteiger partial charge in [-0.2, -0.15) is 0 Å². The van der Waals surface area contributed by atoms with Crippen molar-refractivity contribution >= 4 is 28.5 Å². The molecule has 9 nitrogen and oxygen atoms in total. The van der Waals surface area contributed by atoms with Gasteiger partial charge in [0.2, 0.25) is 15.0 Å². The van der Waals surface area contributed by atoms with Crippen molar-refractivity contribution in [2.45, 2.75) is 82.1 Å². The number of sulfone groups is 1. The molecule has 0 unspecified atom stereocenters. The molecular weight excluding hydrogens is 409 g/mol. The van der Waals surface area contributed by atoms with E-state index in [1.54, 1.807) is 20.8 Å². The van der Waals surface area contributed by atoms with Crippen LogP contribution >= 0.6 is 0 Å². The number of ether oxygens (including phenoxy) is 1. The van der Waals surface area contributed by atoms with Crippen LogP contribution in [-0.4, -0.2) is 71.6 Å². The molecule has 2 aliphatic rings. The summed E-state index contributed by atoms with van der Waals surface area (Å²) in [5.41, 5.74) is -1.12. The number of nitrogens with zero attached hydrogens (tertiary/aromatic N) is 3. The number of aromatic nitrogens is 2. The number of hydrogen-bond donors (Lipinski definition) is 0. The molecule has 3 heterocycles. The normalized spacial score (nSPS) is 23.6. The monoisotopic (exact) mass is 439 g/mol. The van der Waals surface area contributed by atoms with Gasteiger partial charge in [-0.15, -0.1) is 0 Å². The summed E-state index contributed by atoms with van der Waals surface area (Å²) >= 11 is 0. The minimum Gasteiger partial charge on any atom is -0.444 e. The molecule has 2 saturated heterocycles. The van der Waals surface area contributed by atoms with E-state index in [4.69, 9.17) is 14.0 Å². The molecule has 1 atom stereocenters. The average molecular weight is 439 g/mol. The predicted molar refractivity (Wildman–Crippen MR) is 111 cm³/mol. The Morgan fingerprint density at radius 2 is 1.70 bits per heavy atom. The molecule has 30 heavy (non-hydrogen) atoms. The van der Waals surface area contributed by atoms with E-state index in [0.717, 1.165) is 0 Å². The Labute approximate surface area is 178 Å². The van der Waals surface area contributed by atoms with E-state index < -0.39 is 45.1 Å². The maximum absolute atomic E-state index is 13.0. The van der Waals surface area contributed by atoms with Gasteiger partial charge in [0.05, 0.1) is 16.5 Å². The summed E-state index contributed by atoms with van der Waals surface area (Å²) in [7, 11) is -4.45. The Hall–Kier alpha value is -1.72. The van der Waals surface area contributed by atoms with Crippen molar-refractivity contribution in [3.8, 4) is 0 Å². The zero-order chi connectivity index (χ0) is 22.5. The average Bonchev–Trinajstić information content (AvgIpc) is 3.17. The molecule has 1 aromatic rings. The molecule has 2 aliphatic heterocycles. The fourth-order valence-corrected chi connectivity index (χ4v) is 4.69. The Morgan fingerprint density at radius 3 is 2.20 bits per heavy atom. The van der Waals surface area contributed by atoms with Crippen LogP contribution in [0.1, 0.15) is 54.9 Å². The number of carbonyl (C=O) groups is 1. The topological polar surface area (TPSA) is 108 Å². The molecule has 1 aromatic heterocycles. The van der Waals surface area contributed by atoms with Crippen LogP contribution in [0.15, 0.2) is 17.6 Å². The number of hydrogen-bond acceptors (Lipinski definition) is 8. The molecule has 3 rings (SSSR count). The van der Waals surface area contributed by atoms with Crippen LogP contribution in [0.4, 0.5) is 4.79 Å². The van der Waals surface area contributed by atoms with Gasteiger partial charge in [-0.3, -0.25) is 0 Å². The molecular formula is C19H30BN3O6S. The lowest BCUT2D eigenvalue weighted by Gasteiger charge is -2.32. The van der Waals surface area contributed by atoms with Crippen LogP contribution in [0.5, 0.6) is 0 Å². The lowest BCUT2D eigenvalue weighted by Crippen LogP contribution is -2.41. The zero-order valence-electron chi connectivity index (χ0n) is 18.6. The summed E-state index contributed by atoms with van der Waals surface area (Å²) in [6.07, 6.45) is 2.63. The highest BCUT2D eigenvalue weighted by atomic mass is 32.2. The van der Waals surface area contributed by atoms with Crippen molar-refractivity contribution < 1.29 is 27.3 Å². The summed E-state index contributed by atoms with van der Waals surface area (Å²) < 4.78 is 43.1. The Bertz CT molecular complexity index is 895. The molecule has 1 amide bonds. The summed E-state index contributed by atoms with van der Waals surface area (Å²) in [5.74, 6) is 0. The molecule has 0 aromatic carbocycles. The van der Waals surface area contributed by atoms with Crippen molar-refractivity contribution in [3.63, 3.8) is 0 Å². The van der Waals surface area contributed by atoms with Gasteiger partial charge in [-0.1, -0.05) is 0 Å². The van der Waals surface area contributed by atoms with Gasteiger partial charge in [-0.05, 0) is 54.9 Å². The van der Waals surface area contributed by atoms with E-state index >= 15 is 0 Å². The highest BCUT2D eigenvalue weighted by Crippen LogP contribution is 2.36. The fraction of sp³-hybridized carbons (Fsp3) is 0.737. The Balaban J connectivity index is 1.70. The van der Waals surface area contributed by atoms with Crippen molar-refractivity contribution in [2.75, 3.05) is 13.1 Å². The highest BCUT2D eigenvalue weighted by Gasteiger charge is 2.52. The number of likely N-dealkylation sites (tertiary alicyclic amines) is 1. The molecule has 166 valence electrons. The maximum atomic E-state index is 13.0. The maximum Gasteiger partial charge on any atom is 0.498 e. The third-order valence-corrected chi connectivity index (χ3v) is 7.65. The fourth-order valence-electron chi connectivity index (χ4n) is 3.20. The third kappa shape index (κ3) is 4.47.